The van der Waals surface area contributed by atoms with Gasteiger partial charge in [-0.3, -0.25) is 4.90 Å². The van der Waals surface area contributed by atoms with E-state index in [2.05, 4.69) is 20.7 Å². The second-order valence-corrected chi connectivity index (χ2v) is 13.9. The van der Waals surface area contributed by atoms with E-state index in [1.54, 1.807) is 0 Å². The van der Waals surface area contributed by atoms with Crippen LogP contribution in [0.2, 0.25) is 0 Å². The highest BCUT2D eigenvalue weighted by molar-refractivity contribution is 6.04. The molecule has 4 aromatic rings. The van der Waals surface area contributed by atoms with Gasteiger partial charge in [0.1, 0.15) is 52.4 Å². The molecule has 0 bridgehead atoms. The maximum atomic E-state index is 17.1. The summed E-state index contributed by atoms with van der Waals surface area (Å²) in [6, 6.07) is 5.33. The lowest BCUT2D eigenvalue weighted by atomic mass is 9.93. The van der Waals surface area contributed by atoms with Crippen LogP contribution < -0.4 is 14.4 Å². The molecule has 0 saturated carbocycles. The number of anilines is 1. The van der Waals surface area contributed by atoms with E-state index in [0.717, 1.165) is 45.1 Å². The fourth-order valence-electron chi connectivity index (χ4n) is 8.43. The Labute approximate surface area is 270 Å². The van der Waals surface area contributed by atoms with Gasteiger partial charge in [-0.05, 0) is 69.7 Å². The Morgan fingerprint density at radius 2 is 1.94 bits per heavy atom. The highest BCUT2D eigenvalue weighted by Gasteiger charge is 2.50. The highest BCUT2D eigenvalue weighted by atomic mass is 19.1. The number of halogens is 3. The smallest absolute Gasteiger partial charge is 0.319 e. The lowest BCUT2D eigenvalue weighted by Crippen LogP contribution is -2.52. The van der Waals surface area contributed by atoms with Crippen molar-refractivity contribution in [3.8, 4) is 41.2 Å². The fraction of sp³-hybridized carbons (Fsp3) is 0.472. The number of nitrogens with zero attached hydrogens (tertiary/aromatic N) is 5. The van der Waals surface area contributed by atoms with Crippen LogP contribution in [-0.2, 0) is 0 Å². The Kier molecular flexibility index (Phi) is 6.96. The summed E-state index contributed by atoms with van der Waals surface area (Å²) in [7, 11) is 0. The zero-order valence-electron chi connectivity index (χ0n) is 26.5. The van der Waals surface area contributed by atoms with E-state index in [1.807, 2.05) is 13.8 Å². The summed E-state index contributed by atoms with van der Waals surface area (Å²) in [6.45, 7) is 6.01. The molecule has 3 atom stereocenters. The molecule has 2 aromatic carbocycles. The van der Waals surface area contributed by atoms with Crippen LogP contribution in [-0.4, -0.2) is 74.6 Å². The Morgan fingerprint density at radius 3 is 2.77 bits per heavy atom. The van der Waals surface area contributed by atoms with Crippen LogP contribution in [0.5, 0.6) is 17.6 Å². The molecule has 8 nitrogen and oxygen atoms in total. The van der Waals surface area contributed by atoms with E-state index >= 15 is 8.78 Å². The molecule has 1 N–H and O–H groups in total. The summed E-state index contributed by atoms with van der Waals surface area (Å²) in [6.07, 6.45) is 10.7. The number of phenolic OH excluding ortho intramolecular Hbond substituents is 1. The molecule has 0 unspecified atom stereocenters. The van der Waals surface area contributed by atoms with Gasteiger partial charge >= 0.3 is 6.01 Å². The van der Waals surface area contributed by atoms with Crippen molar-refractivity contribution < 1.29 is 27.8 Å². The fourth-order valence-corrected chi connectivity index (χ4v) is 8.43. The highest BCUT2D eigenvalue weighted by Crippen LogP contribution is 2.47. The molecular weight excluding hydrogens is 607 g/mol. The Hall–Kier alpha value is -4.30. The summed E-state index contributed by atoms with van der Waals surface area (Å²) >= 11 is 0. The number of alkyl halides is 1. The Morgan fingerprint density at radius 1 is 1.09 bits per heavy atom. The summed E-state index contributed by atoms with van der Waals surface area (Å²) < 4.78 is 59.6. The van der Waals surface area contributed by atoms with Crippen molar-refractivity contribution in [3.05, 3.63) is 41.5 Å². The number of pyridine rings is 1. The quantitative estimate of drug-likeness (QED) is 0.247. The third kappa shape index (κ3) is 4.74. The van der Waals surface area contributed by atoms with Crippen molar-refractivity contribution in [1.29, 1.82) is 0 Å². The van der Waals surface area contributed by atoms with Crippen LogP contribution in [0.25, 0.3) is 32.9 Å². The largest absolute Gasteiger partial charge is 0.508 e. The van der Waals surface area contributed by atoms with Gasteiger partial charge in [0.2, 0.25) is 5.88 Å². The van der Waals surface area contributed by atoms with E-state index < -0.39 is 28.9 Å². The van der Waals surface area contributed by atoms with Gasteiger partial charge in [0, 0.05) is 30.5 Å². The second-order valence-electron chi connectivity index (χ2n) is 13.9. The number of hydrogen-bond donors (Lipinski definition) is 1. The minimum absolute atomic E-state index is 0.0168. The third-order valence-corrected chi connectivity index (χ3v) is 10.6. The number of rotatable bonds is 4. The molecule has 0 aliphatic carbocycles. The number of ether oxygens (including phenoxy) is 2. The van der Waals surface area contributed by atoms with E-state index in [9.17, 15) is 9.50 Å². The number of hydrogen-bond acceptors (Lipinski definition) is 8. The monoisotopic (exact) mass is 643 g/mol. The minimum atomic E-state index is -0.929. The first-order valence-electron chi connectivity index (χ1n) is 16.4. The summed E-state index contributed by atoms with van der Waals surface area (Å²) in [5, 5.41) is 11.7. The normalized spacial score (nSPS) is 25.1. The zero-order valence-corrected chi connectivity index (χ0v) is 26.5. The summed E-state index contributed by atoms with van der Waals surface area (Å²) in [5.41, 5.74) is -1.46. The first-order valence-corrected chi connectivity index (χ1v) is 16.4. The molecule has 3 fully saturated rings. The molecule has 6 heterocycles. The average molecular weight is 644 g/mol. The molecule has 11 heteroatoms. The van der Waals surface area contributed by atoms with Crippen LogP contribution in [0, 0.1) is 24.0 Å². The number of aromatic hydroxyl groups is 1. The van der Waals surface area contributed by atoms with E-state index in [4.69, 9.17) is 25.9 Å². The SMILES string of the molecule is C#Cc1c(F)ccc2cc(O)cc(-c3nc4c5c(nc(OC[C@@]67CCCN6C[C@H](F)C7)nc5c3F)N3CCCCC[C@H]3C(C)(C)O4)c12. The van der Waals surface area contributed by atoms with Gasteiger partial charge in [-0.1, -0.05) is 24.8 Å². The van der Waals surface area contributed by atoms with Gasteiger partial charge in [0.05, 0.1) is 17.1 Å². The molecule has 0 amide bonds. The molecule has 244 valence electrons. The van der Waals surface area contributed by atoms with Crippen LogP contribution >= 0.6 is 0 Å². The number of benzene rings is 2. The molecular formula is C36H36F3N5O3. The third-order valence-electron chi connectivity index (χ3n) is 10.6. The van der Waals surface area contributed by atoms with E-state index in [0.29, 0.717) is 36.1 Å². The van der Waals surface area contributed by atoms with E-state index in [1.165, 1.54) is 24.3 Å². The van der Waals surface area contributed by atoms with Gasteiger partial charge in [-0.25, -0.2) is 18.2 Å². The predicted octanol–water partition coefficient (Wildman–Crippen LogP) is 6.69. The van der Waals surface area contributed by atoms with Gasteiger partial charge < -0.3 is 19.5 Å². The summed E-state index contributed by atoms with van der Waals surface area (Å²) in [5.74, 6) is 1.36. The first-order chi connectivity index (χ1) is 22.6. The molecule has 8 rings (SSSR count). The standard InChI is InChI=1S/C36H36F3N5O3/c1-4-23-25(38)11-10-20-15-22(45)16-24(27(20)23)30-29(39)31-28-32(44-14-7-5-6-9-26(44)35(2,3)47-33(28)40-30)42-34(41-31)46-19-36-12-8-13-43(36)18-21(37)17-36/h1,10-11,15-16,21,26,45H,5-9,12-14,17-19H2,2-3H3/t21-,26+,36+/m1/s1. The van der Waals surface area contributed by atoms with Crippen LogP contribution in [0.3, 0.4) is 0 Å². The number of aromatic nitrogens is 3. The van der Waals surface area contributed by atoms with Crippen LogP contribution in [0.15, 0.2) is 24.3 Å². The van der Waals surface area contributed by atoms with Gasteiger partial charge in [0.25, 0.3) is 0 Å². The van der Waals surface area contributed by atoms with Crippen molar-refractivity contribution in [2.24, 2.45) is 0 Å². The van der Waals surface area contributed by atoms with Crippen molar-refractivity contribution in [2.75, 3.05) is 31.1 Å². The summed E-state index contributed by atoms with van der Waals surface area (Å²) in [4.78, 5) is 18.6. The molecule has 0 spiro atoms. The molecule has 0 radical (unpaired) electrons. The molecule has 4 aliphatic heterocycles. The van der Waals surface area contributed by atoms with Crippen molar-refractivity contribution >= 4 is 27.5 Å². The molecule has 47 heavy (non-hydrogen) atoms. The van der Waals surface area contributed by atoms with E-state index in [-0.39, 0.29) is 58.0 Å². The lowest BCUT2D eigenvalue weighted by Gasteiger charge is -2.39. The van der Waals surface area contributed by atoms with Crippen molar-refractivity contribution in [1.82, 2.24) is 19.9 Å². The predicted molar refractivity (Wildman–Crippen MR) is 173 cm³/mol. The van der Waals surface area contributed by atoms with Crippen LogP contribution in [0.4, 0.5) is 19.0 Å². The minimum Gasteiger partial charge on any atom is -0.508 e. The number of terminal acetylenes is 1. The maximum absolute atomic E-state index is 17.1. The van der Waals surface area contributed by atoms with Gasteiger partial charge in [-0.2, -0.15) is 9.97 Å². The molecule has 2 aromatic heterocycles. The lowest BCUT2D eigenvalue weighted by molar-refractivity contribution is 0.0731. The Balaban J connectivity index is 1.36. The second kappa shape index (κ2) is 10.9. The Bertz CT molecular complexity index is 1980. The van der Waals surface area contributed by atoms with Crippen molar-refractivity contribution in [2.45, 2.75) is 82.1 Å². The van der Waals surface area contributed by atoms with Crippen LogP contribution in [0.1, 0.15) is 64.4 Å². The molecule has 4 aliphatic rings. The van der Waals surface area contributed by atoms with Gasteiger partial charge in [-0.15, -0.1) is 6.42 Å². The topological polar surface area (TPSA) is 83.8 Å². The number of fused-ring (bicyclic) bond motifs is 4. The average Bonchev–Trinajstić information content (AvgIpc) is 3.40. The molecule has 3 saturated heterocycles. The first kappa shape index (κ1) is 30.1. The maximum Gasteiger partial charge on any atom is 0.319 e. The zero-order chi connectivity index (χ0) is 32.7. The van der Waals surface area contributed by atoms with Gasteiger partial charge in [0.15, 0.2) is 5.82 Å². The van der Waals surface area contributed by atoms with Crippen molar-refractivity contribution in [3.63, 3.8) is 0 Å². The number of phenols is 1.